The Labute approximate surface area is 206 Å². The molecular weight excluding hydrogens is 512 g/mol. The molecule has 2 saturated heterocycles. The Balaban J connectivity index is 1.96. The molecule has 202 valence electrons. The van der Waals surface area contributed by atoms with E-state index in [-0.39, 0.29) is 9.94 Å². The van der Waals surface area contributed by atoms with Crippen molar-refractivity contribution in [2.24, 2.45) is 5.92 Å². The normalized spacial score (nSPS) is 25.3. The van der Waals surface area contributed by atoms with Gasteiger partial charge in [0.2, 0.25) is 5.91 Å². The van der Waals surface area contributed by atoms with E-state index in [0.29, 0.717) is 5.56 Å². The molecule has 2 aliphatic rings. The van der Waals surface area contributed by atoms with Crippen LogP contribution < -0.4 is 0 Å². The summed E-state index contributed by atoms with van der Waals surface area (Å²) in [6.07, 6.45) is -15.2. The minimum atomic E-state index is -6.08. The lowest BCUT2D eigenvalue weighted by Gasteiger charge is -2.48. The topological polar surface area (TPSA) is 65.1 Å². The second kappa shape index (κ2) is 9.01. The molecule has 1 aromatic carbocycles. The monoisotopic (exact) mass is 541 g/mol. The molecular formula is C23H29F6NO5Si. The van der Waals surface area contributed by atoms with Crippen molar-refractivity contribution in [1.29, 1.82) is 0 Å². The first-order valence-corrected chi connectivity index (χ1v) is 14.2. The van der Waals surface area contributed by atoms with Gasteiger partial charge in [0.1, 0.15) is 18.8 Å². The van der Waals surface area contributed by atoms with Crippen LogP contribution in [-0.4, -0.2) is 61.4 Å². The third-order valence-electron chi connectivity index (χ3n) is 7.17. The molecule has 6 nitrogen and oxygen atoms in total. The quantitative estimate of drug-likeness (QED) is 0.215. The molecule has 0 unspecified atom stereocenters. The van der Waals surface area contributed by atoms with E-state index < -0.39 is 69.0 Å². The van der Waals surface area contributed by atoms with E-state index in [1.54, 1.807) is 18.2 Å². The molecule has 0 bridgehead atoms. The van der Waals surface area contributed by atoms with Gasteiger partial charge in [0.05, 0.1) is 6.10 Å². The minimum absolute atomic E-state index is 0.199. The van der Waals surface area contributed by atoms with Crippen LogP contribution in [-0.2, 0) is 30.1 Å². The van der Waals surface area contributed by atoms with E-state index >= 15 is 0 Å². The largest absolute Gasteiger partial charge is 0.459 e. The van der Waals surface area contributed by atoms with Crippen LogP contribution in [0.5, 0.6) is 0 Å². The van der Waals surface area contributed by atoms with Crippen LogP contribution in [0.4, 0.5) is 26.3 Å². The van der Waals surface area contributed by atoms with Crippen molar-refractivity contribution in [1.82, 2.24) is 4.90 Å². The molecule has 13 heteroatoms. The highest BCUT2D eigenvalue weighted by Gasteiger charge is 2.86. The molecule has 0 N–H and O–H groups in total. The number of amides is 1. The Hall–Kier alpha value is -2.12. The Morgan fingerprint density at radius 2 is 1.61 bits per heavy atom. The molecule has 1 amide bonds. The van der Waals surface area contributed by atoms with E-state index in [2.05, 4.69) is 4.74 Å². The molecule has 0 spiro atoms. The van der Waals surface area contributed by atoms with Gasteiger partial charge in [0, 0.05) is 0 Å². The molecule has 2 fully saturated rings. The summed E-state index contributed by atoms with van der Waals surface area (Å²) in [4.78, 5) is 26.0. The van der Waals surface area contributed by atoms with E-state index in [4.69, 9.17) is 9.16 Å². The van der Waals surface area contributed by atoms with E-state index in [9.17, 15) is 35.9 Å². The maximum atomic E-state index is 14.1. The molecule has 1 aromatic rings. The molecule has 4 atom stereocenters. The predicted octanol–water partition coefficient (Wildman–Crippen LogP) is 5.19. The van der Waals surface area contributed by atoms with Gasteiger partial charge in [0.25, 0.3) is 5.60 Å². The van der Waals surface area contributed by atoms with Crippen molar-refractivity contribution in [3.05, 3.63) is 35.9 Å². The molecule has 0 aromatic heterocycles. The number of carbonyl (C=O) groups is 2. The number of hydrogen-bond acceptors (Lipinski definition) is 5. The number of carbonyl (C=O) groups excluding carboxylic acids is 2. The lowest BCUT2D eigenvalue weighted by Crippen LogP contribution is -2.70. The van der Waals surface area contributed by atoms with Gasteiger partial charge in [-0.2, -0.15) is 26.3 Å². The number of halogens is 6. The van der Waals surface area contributed by atoms with Gasteiger partial charge < -0.3 is 13.9 Å². The molecule has 0 radical (unpaired) electrons. The maximum Gasteiger partial charge on any atom is 0.429 e. The summed E-state index contributed by atoms with van der Waals surface area (Å²) >= 11 is 0. The summed E-state index contributed by atoms with van der Waals surface area (Å²) in [7, 11) is -2.55. The van der Waals surface area contributed by atoms with Gasteiger partial charge in [-0.25, -0.2) is 4.79 Å². The number of esters is 1. The van der Waals surface area contributed by atoms with Crippen LogP contribution in [0, 0.1) is 5.92 Å². The summed E-state index contributed by atoms with van der Waals surface area (Å²) in [6.45, 7) is 10.2. The Kier molecular flexibility index (Phi) is 7.12. The number of ether oxygens (including phenoxy) is 2. The van der Waals surface area contributed by atoms with Gasteiger partial charge in [-0.3, -0.25) is 9.69 Å². The lowest BCUT2D eigenvalue weighted by atomic mass is 9.86. The second-order valence-corrected chi connectivity index (χ2v) is 15.3. The summed E-state index contributed by atoms with van der Waals surface area (Å²) in [5.74, 6) is -4.40. The van der Waals surface area contributed by atoms with Crippen LogP contribution in [0.2, 0.25) is 18.1 Å². The van der Waals surface area contributed by atoms with Crippen molar-refractivity contribution in [3.63, 3.8) is 0 Å². The smallest absolute Gasteiger partial charge is 0.429 e. The van der Waals surface area contributed by atoms with Crippen molar-refractivity contribution in [3.8, 4) is 0 Å². The van der Waals surface area contributed by atoms with Gasteiger partial charge >= 0.3 is 18.3 Å². The first kappa shape index (κ1) is 28.4. The zero-order valence-corrected chi connectivity index (χ0v) is 21.7. The van der Waals surface area contributed by atoms with Gasteiger partial charge in [0.15, 0.2) is 14.4 Å². The highest BCUT2D eigenvalue weighted by Crippen LogP contribution is 2.58. The highest BCUT2D eigenvalue weighted by atomic mass is 28.4. The lowest BCUT2D eigenvalue weighted by molar-refractivity contribution is -0.378. The first-order chi connectivity index (χ1) is 16.3. The number of hydrogen-bond donors (Lipinski definition) is 0. The average Bonchev–Trinajstić information content (AvgIpc) is 3.04. The fourth-order valence-electron chi connectivity index (χ4n) is 4.20. The van der Waals surface area contributed by atoms with Gasteiger partial charge in [-0.05, 0) is 30.6 Å². The molecule has 0 saturated carbocycles. The fourth-order valence-corrected chi connectivity index (χ4v) is 5.63. The highest BCUT2D eigenvalue weighted by molar-refractivity contribution is 6.74. The van der Waals surface area contributed by atoms with Crippen molar-refractivity contribution in [2.45, 2.75) is 88.8 Å². The van der Waals surface area contributed by atoms with E-state index in [1.165, 1.54) is 19.1 Å². The number of β-lactam (4-membered cyclic amide) rings is 1. The average molecular weight is 542 g/mol. The zero-order valence-electron chi connectivity index (χ0n) is 20.7. The molecule has 3 rings (SSSR count). The van der Waals surface area contributed by atoms with Crippen LogP contribution >= 0.6 is 0 Å². The minimum Gasteiger partial charge on any atom is -0.459 e. The fraction of sp³-hybridized carbons (Fsp3) is 0.652. The molecule has 2 heterocycles. The van der Waals surface area contributed by atoms with Crippen molar-refractivity contribution in [2.75, 3.05) is 0 Å². The molecule has 0 aliphatic carbocycles. The maximum absolute atomic E-state index is 14.1. The summed E-state index contributed by atoms with van der Waals surface area (Å²) in [5, 5.41) is -0.338. The number of rotatable bonds is 6. The third-order valence-corrected chi connectivity index (χ3v) is 11.7. The number of nitrogens with zero attached hydrogens (tertiary/aromatic N) is 1. The molecule has 36 heavy (non-hydrogen) atoms. The van der Waals surface area contributed by atoms with Gasteiger partial charge in [-0.1, -0.05) is 51.1 Å². The van der Waals surface area contributed by atoms with E-state index in [0.717, 1.165) is 0 Å². The SMILES string of the molecule is C[C@@H](O[Si](C)(C)C(C)(C)C)[C@H]1C(=O)N2[C@@H]1OC(C(F)(F)F)(C(F)(F)F)[C@@H]2C(=O)OCc1ccccc1. The van der Waals surface area contributed by atoms with Crippen molar-refractivity contribution < 1.29 is 49.8 Å². The standard InChI is InChI=1S/C23H29F6NO5Si/c1-13(35-36(5,6)20(2,3)4)15-17(31)30-16(19(32)33-12-14-10-8-7-9-11-14)21(22(24,25)26,23(27,28)29)34-18(15)30/h7-11,13,15-16,18H,12H2,1-6H3/t13-,15+,16+,18-/m1/s1. The van der Waals surface area contributed by atoms with Crippen molar-refractivity contribution >= 4 is 20.2 Å². The Morgan fingerprint density at radius 1 is 1.08 bits per heavy atom. The van der Waals surface area contributed by atoms with Crippen LogP contribution in [0.25, 0.3) is 0 Å². The third kappa shape index (κ3) is 4.53. The number of fused-ring (bicyclic) bond motifs is 1. The van der Waals surface area contributed by atoms with Crippen LogP contribution in [0.1, 0.15) is 33.3 Å². The summed E-state index contributed by atoms with van der Waals surface area (Å²) in [5.41, 5.74) is -4.60. The second-order valence-electron chi connectivity index (χ2n) is 10.6. The summed E-state index contributed by atoms with van der Waals surface area (Å²) < 4.78 is 100. The molecule has 2 aliphatic heterocycles. The summed E-state index contributed by atoms with van der Waals surface area (Å²) in [6, 6.07) is 4.61. The van der Waals surface area contributed by atoms with E-state index in [1.807, 2.05) is 33.9 Å². The Morgan fingerprint density at radius 3 is 2.08 bits per heavy atom. The van der Waals surface area contributed by atoms with Crippen LogP contribution in [0.3, 0.4) is 0 Å². The Bertz CT molecular complexity index is 977. The van der Waals surface area contributed by atoms with Crippen LogP contribution in [0.15, 0.2) is 30.3 Å². The first-order valence-electron chi connectivity index (χ1n) is 11.3. The number of benzene rings is 1. The van der Waals surface area contributed by atoms with Gasteiger partial charge in [-0.15, -0.1) is 0 Å². The number of alkyl halides is 6. The predicted molar refractivity (Wildman–Crippen MR) is 118 cm³/mol. The zero-order chi connectivity index (χ0) is 27.5.